The quantitative estimate of drug-likeness (QED) is 0.804. The van der Waals surface area contributed by atoms with Crippen LogP contribution in [0.4, 0.5) is 0 Å². The Morgan fingerprint density at radius 2 is 1.81 bits per heavy atom. The number of rotatable bonds is 6. The van der Waals surface area contributed by atoms with Crippen molar-refractivity contribution in [1.82, 2.24) is 0 Å². The van der Waals surface area contributed by atoms with Crippen molar-refractivity contribution >= 4 is 20.6 Å². The summed E-state index contributed by atoms with van der Waals surface area (Å²) in [5, 5.41) is 8.70. The van der Waals surface area contributed by atoms with Crippen molar-refractivity contribution in [3.8, 4) is 6.07 Å². The second kappa shape index (κ2) is 7.19. The van der Waals surface area contributed by atoms with Gasteiger partial charge < -0.3 is 0 Å². The zero-order valence-electron chi connectivity index (χ0n) is 11.8. The summed E-state index contributed by atoms with van der Waals surface area (Å²) in [6.45, 7) is 0. The molecule has 1 saturated carbocycles. The van der Waals surface area contributed by atoms with Crippen molar-refractivity contribution in [2.24, 2.45) is 5.92 Å². The summed E-state index contributed by atoms with van der Waals surface area (Å²) >= 11 is 0. The van der Waals surface area contributed by atoms with Gasteiger partial charge in [0, 0.05) is 22.3 Å². The first kappa shape index (κ1) is 16.2. The highest BCUT2D eigenvalue weighted by Crippen LogP contribution is 2.25. The molecule has 6 heteroatoms. The van der Waals surface area contributed by atoms with E-state index in [4.69, 9.17) is 5.26 Å². The molecule has 1 fully saturated rings. The van der Waals surface area contributed by atoms with E-state index in [2.05, 4.69) is 0 Å². The van der Waals surface area contributed by atoms with Crippen LogP contribution in [0.2, 0.25) is 0 Å². The first-order chi connectivity index (χ1) is 10.0. The van der Waals surface area contributed by atoms with Crippen LogP contribution in [-0.2, 0) is 20.6 Å². The summed E-state index contributed by atoms with van der Waals surface area (Å²) in [4.78, 5) is 0.194. The average molecular weight is 325 g/mol. The van der Waals surface area contributed by atoms with Gasteiger partial charge in [-0.2, -0.15) is 5.26 Å². The molecule has 1 aliphatic rings. The normalized spacial score (nSPS) is 17.5. The summed E-state index contributed by atoms with van der Waals surface area (Å²) in [6.07, 6.45) is 4.64. The monoisotopic (exact) mass is 325 g/mol. The Kier molecular flexibility index (Phi) is 5.54. The molecule has 0 spiro atoms. The van der Waals surface area contributed by atoms with Crippen molar-refractivity contribution < 1.29 is 12.6 Å². The van der Waals surface area contributed by atoms with E-state index in [0.29, 0.717) is 17.2 Å². The van der Waals surface area contributed by atoms with Gasteiger partial charge in [-0.1, -0.05) is 12.8 Å². The first-order valence-corrected chi connectivity index (χ1v) is 10.2. The van der Waals surface area contributed by atoms with Gasteiger partial charge in [0.25, 0.3) is 0 Å². The fourth-order valence-electron chi connectivity index (χ4n) is 2.58. The Morgan fingerprint density at radius 3 is 2.38 bits per heavy atom. The highest BCUT2D eigenvalue weighted by atomic mass is 32.2. The number of hydrogen-bond donors (Lipinski definition) is 0. The zero-order valence-corrected chi connectivity index (χ0v) is 13.5. The van der Waals surface area contributed by atoms with E-state index in [1.807, 2.05) is 6.07 Å². The van der Waals surface area contributed by atoms with E-state index >= 15 is 0 Å². The van der Waals surface area contributed by atoms with E-state index in [0.717, 1.165) is 12.8 Å². The molecule has 0 aliphatic heterocycles. The molecule has 1 aromatic carbocycles. The lowest BCUT2D eigenvalue weighted by molar-refractivity contribution is 0.594. The van der Waals surface area contributed by atoms with E-state index in [9.17, 15) is 12.6 Å². The van der Waals surface area contributed by atoms with Gasteiger partial charge in [-0.05, 0) is 43.0 Å². The molecule has 0 bridgehead atoms. The maximum absolute atomic E-state index is 12.2. The molecule has 1 atom stereocenters. The molecule has 21 heavy (non-hydrogen) atoms. The van der Waals surface area contributed by atoms with Gasteiger partial charge in [-0.25, -0.2) is 8.42 Å². The average Bonchev–Trinajstić information content (AvgIpc) is 2.98. The van der Waals surface area contributed by atoms with Crippen molar-refractivity contribution in [3.63, 3.8) is 0 Å². The second-order valence-electron chi connectivity index (χ2n) is 5.42. The SMILES string of the molecule is N#Cc1ccc(S(=O)(=O)CCS(=O)CC2CCCC2)cc1. The molecule has 0 radical (unpaired) electrons. The fourth-order valence-corrected chi connectivity index (χ4v) is 6.01. The molecule has 0 N–H and O–H groups in total. The molecule has 0 saturated heterocycles. The van der Waals surface area contributed by atoms with Crippen LogP contribution in [0, 0.1) is 17.2 Å². The minimum absolute atomic E-state index is 0.0990. The van der Waals surface area contributed by atoms with Crippen LogP contribution in [0.1, 0.15) is 31.2 Å². The Balaban J connectivity index is 1.91. The Labute approximate surface area is 128 Å². The van der Waals surface area contributed by atoms with Crippen LogP contribution >= 0.6 is 0 Å². The molecular formula is C15H19NO3S2. The third kappa shape index (κ3) is 4.65. The Bertz CT molecular complexity index is 638. The van der Waals surface area contributed by atoms with Crippen LogP contribution in [0.5, 0.6) is 0 Å². The third-order valence-electron chi connectivity index (χ3n) is 3.82. The molecular weight excluding hydrogens is 306 g/mol. The number of benzene rings is 1. The second-order valence-corrected chi connectivity index (χ2v) is 9.15. The molecule has 1 aliphatic carbocycles. The van der Waals surface area contributed by atoms with Crippen molar-refractivity contribution in [1.29, 1.82) is 5.26 Å². The summed E-state index contributed by atoms with van der Waals surface area (Å²) in [5.74, 6) is 1.23. The maximum atomic E-state index is 12.2. The van der Waals surface area contributed by atoms with Crippen LogP contribution in [0.25, 0.3) is 0 Å². The zero-order chi connectivity index (χ0) is 15.3. The highest BCUT2D eigenvalue weighted by Gasteiger charge is 2.20. The third-order valence-corrected chi connectivity index (χ3v) is 7.31. The van der Waals surface area contributed by atoms with E-state index in [1.54, 1.807) is 0 Å². The van der Waals surface area contributed by atoms with Gasteiger partial charge in [0.2, 0.25) is 0 Å². The van der Waals surface area contributed by atoms with E-state index in [1.165, 1.54) is 37.1 Å². The minimum Gasteiger partial charge on any atom is -0.260 e. The van der Waals surface area contributed by atoms with Crippen molar-refractivity contribution in [3.05, 3.63) is 29.8 Å². The van der Waals surface area contributed by atoms with E-state index in [-0.39, 0.29) is 16.4 Å². The largest absolute Gasteiger partial charge is 0.260 e. The summed E-state index contributed by atoms with van der Waals surface area (Å²) in [7, 11) is -4.48. The van der Waals surface area contributed by atoms with Gasteiger partial charge in [-0.3, -0.25) is 4.21 Å². The standard InChI is InChI=1S/C15H19NO3S2/c16-11-13-5-7-15(8-6-13)21(18,19)10-9-20(17)12-14-3-1-2-4-14/h5-8,14H,1-4,9-10,12H2. The molecule has 4 nitrogen and oxygen atoms in total. The molecule has 0 heterocycles. The summed E-state index contributed by atoms with van der Waals surface area (Å²) < 4.78 is 36.3. The minimum atomic E-state index is -3.42. The van der Waals surface area contributed by atoms with Crippen molar-refractivity contribution in [2.45, 2.75) is 30.6 Å². The van der Waals surface area contributed by atoms with Gasteiger partial charge >= 0.3 is 0 Å². The lowest BCUT2D eigenvalue weighted by Crippen LogP contribution is -2.18. The molecule has 1 unspecified atom stereocenters. The predicted molar refractivity (Wildman–Crippen MR) is 83.0 cm³/mol. The van der Waals surface area contributed by atoms with Crippen LogP contribution in [-0.4, -0.2) is 29.9 Å². The van der Waals surface area contributed by atoms with Gasteiger partial charge in [0.05, 0.1) is 22.3 Å². The van der Waals surface area contributed by atoms with Crippen LogP contribution in [0.3, 0.4) is 0 Å². The number of hydrogen-bond acceptors (Lipinski definition) is 4. The van der Waals surface area contributed by atoms with Gasteiger partial charge in [-0.15, -0.1) is 0 Å². The maximum Gasteiger partial charge on any atom is 0.179 e. The topological polar surface area (TPSA) is 75.0 Å². The lowest BCUT2D eigenvalue weighted by atomic mass is 10.1. The van der Waals surface area contributed by atoms with Gasteiger partial charge in [0.15, 0.2) is 9.84 Å². The molecule has 0 amide bonds. The summed E-state index contributed by atoms with van der Waals surface area (Å²) in [6, 6.07) is 7.81. The number of nitrogens with zero attached hydrogens (tertiary/aromatic N) is 1. The number of sulfone groups is 1. The predicted octanol–water partition coefficient (Wildman–Crippen LogP) is 2.27. The van der Waals surface area contributed by atoms with Crippen LogP contribution < -0.4 is 0 Å². The molecule has 114 valence electrons. The smallest absolute Gasteiger partial charge is 0.179 e. The lowest BCUT2D eigenvalue weighted by Gasteiger charge is -2.09. The summed E-state index contributed by atoms with van der Waals surface area (Å²) in [5.41, 5.74) is 0.429. The highest BCUT2D eigenvalue weighted by molar-refractivity contribution is 7.93. The number of nitriles is 1. The van der Waals surface area contributed by atoms with E-state index < -0.39 is 20.6 Å². The molecule has 0 aromatic heterocycles. The van der Waals surface area contributed by atoms with Gasteiger partial charge in [0.1, 0.15) is 0 Å². The van der Waals surface area contributed by atoms with Crippen molar-refractivity contribution in [2.75, 3.05) is 17.3 Å². The molecule has 2 rings (SSSR count). The first-order valence-electron chi connectivity index (χ1n) is 7.09. The molecule has 1 aromatic rings. The Morgan fingerprint density at radius 1 is 1.19 bits per heavy atom. The fraction of sp³-hybridized carbons (Fsp3) is 0.533. The van der Waals surface area contributed by atoms with Crippen LogP contribution in [0.15, 0.2) is 29.2 Å². The Hall–Kier alpha value is -1.19.